The van der Waals surface area contributed by atoms with E-state index in [0.29, 0.717) is 12.1 Å². The molecule has 2 aromatic rings. The van der Waals surface area contributed by atoms with E-state index >= 15 is 0 Å². The lowest BCUT2D eigenvalue weighted by atomic mass is 10.2. The van der Waals surface area contributed by atoms with Crippen LogP contribution in [0.1, 0.15) is 16.1 Å². The average Bonchev–Trinajstić information content (AvgIpc) is 2.88. The van der Waals surface area contributed by atoms with Gasteiger partial charge in [0.25, 0.3) is 0 Å². The molecule has 1 aromatic heterocycles. The van der Waals surface area contributed by atoms with Gasteiger partial charge in [0, 0.05) is 0 Å². The van der Waals surface area contributed by atoms with E-state index in [1.807, 2.05) is 4.72 Å². The van der Waals surface area contributed by atoms with Crippen LogP contribution in [0, 0.1) is 11.6 Å². The zero-order chi connectivity index (χ0) is 15.6. The van der Waals surface area contributed by atoms with Crippen molar-refractivity contribution in [1.82, 2.24) is 4.72 Å². The molecule has 0 radical (unpaired) electrons. The third-order valence-electron chi connectivity index (χ3n) is 2.58. The monoisotopic (exact) mass is 317 g/mol. The smallest absolute Gasteiger partial charge is 0.341 e. The van der Waals surface area contributed by atoms with Crippen LogP contribution in [-0.2, 0) is 16.6 Å². The van der Waals surface area contributed by atoms with Crippen molar-refractivity contribution in [3.05, 3.63) is 53.5 Å². The van der Waals surface area contributed by atoms with Gasteiger partial charge in [-0.2, -0.15) is 0 Å². The fraction of sp³-hybridized carbons (Fsp3) is 0.0833. The Morgan fingerprint density at radius 2 is 2.00 bits per heavy atom. The zero-order valence-corrected chi connectivity index (χ0v) is 11.2. The molecule has 0 saturated heterocycles. The number of carboxylic acids is 1. The number of hydrogen-bond donors (Lipinski definition) is 2. The Hall–Kier alpha value is -2.26. The summed E-state index contributed by atoms with van der Waals surface area (Å²) in [5.74, 6) is -4.63. The maximum absolute atomic E-state index is 13.9. The summed E-state index contributed by atoms with van der Waals surface area (Å²) in [7, 11) is -4.35. The molecule has 0 saturated carbocycles. The minimum Gasteiger partial charge on any atom is -0.477 e. The van der Waals surface area contributed by atoms with Crippen LogP contribution in [0.5, 0.6) is 0 Å². The Balaban J connectivity index is 2.36. The normalized spacial score (nSPS) is 11.5. The van der Waals surface area contributed by atoms with Crippen molar-refractivity contribution in [2.75, 3.05) is 0 Å². The van der Waals surface area contributed by atoms with Crippen molar-refractivity contribution in [2.24, 2.45) is 0 Å². The van der Waals surface area contributed by atoms with Gasteiger partial charge in [-0.15, -0.1) is 0 Å². The molecular formula is C12H9F2NO5S. The minimum absolute atomic E-state index is 0.255. The molecule has 0 aliphatic carbocycles. The summed E-state index contributed by atoms with van der Waals surface area (Å²) in [6.07, 6.45) is 1.32. The van der Waals surface area contributed by atoms with Gasteiger partial charge in [0.05, 0.1) is 12.8 Å². The lowest BCUT2D eigenvalue weighted by Gasteiger charge is -2.08. The zero-order valence-electron chi connectivity index (χ0n) is 10.3. The van der Waals surface area contributed by atoms with E-state index in [1.165, 1.54) is 18.4 Å². The van der Waals surface area contributed by atoms with Crippen LogP contribution in [-0.4, -0.2) is 19.5 Å². The molecule has 0 unspecified atom stereocenters. The number of furan rings is 1. The van der Waals surface area contributed by atoms with Crippen molar-refractivity contribution in [3.8, 4) is 0 Å². The summed E-state index contributed by atoms with van der Waals surface area (Å²) in [6, 6.07) is 4.26. The standard InChI is InChI=1S/C12H9F2NO5S/c13-8-3-4-9(11(14)10(8)12(16)17)21(18,19)15-6-7-2-1-5-20-7/h1-5,15H,6H2,(H,16,17). The van der Waals surface area contributed by atoms with Crippen LogP contribution in [0.4, 0.5) is 8.78 Å². The third-order valence-corrected chi connectivity index (χ3v) is 3.99. The minimum atomic E-state index is -4.35. The number of aromatic carboxylic acids is 1. The van der Waals surface area contributed by atoms with Gasteiger partial charge in [-0.1, -0.05) is 0 Å². The molecule has 0 fully saturated rings. The number of halogens is 2. The Morgan fingerprint density at radius 3 is 2.57 bits per heavy atom. The first kappa shape index (κ1) is 15.1. The Bertz CT molecular complexity index is 771. The van der Waals surface area contributed by atoms with E-state index in [9.17, 15) is 22.0 Å². The number of benzene rings is 1. The number of carbonyl (C=O) groups is 1. The molecule has 112 valence electrons. The maximum atomic E-state index is 13.9. The van der Waals surface area contributed by atoms with Crippen molar-refractivity contribution >= 4 is 16.0 Å². The van der Waals surface area contributed by atoms with Gasteiger partial charge in [-0.05, 0) is 24.3 Å². The molecule has 1 aromatic carbocycles. The second-order valence-electron chi connectivity index (χ2n) is 3.94. The highest BCUT2D eigenvalue weighted by Gasteiger charge is 2.26. The second kappa shape index (κ2) is 5.62. The van der Waals surface area contributed by atoms with E-state index in [1.54, 1.807) is 0 Å². The first-order chi connectivity index (χ1) is 9.83. The molecule has 2 rings (SSSR count). The Morgan fingerprint density at radius 1 is 1.29 bits per heavy atom. The van der Waals surface area contributed by atoms with E-state index in [4.69, 9.17) is 9.52 Å². The average molecular weight is 317 g/mol. The van der Waals surface area contributed by atoms with Crippen LogP contribution in [0.25, 0.3) is 0 Å². The lowest BCUT2D eigenvalue weighted by molar-refractivity contribution is 0.0685. The van der Waals surface area contributed by atoms with Gasteiger partial charge in [-0.3, -0.25) is 0 Å². The molecule has 1 heterocycles. The maximum Gasteiger partial charge on any atom is 0.341 e. The van der Waals surface area contributed by atoms with Crippen molar-refractivity contribution < 1.29 is 31.5 Å². The largest absolute Gasteiger partial charge is 0.477 e. The van der Waals surface area contributed by atoms with Gasteiger partial charge in [-0.25, -0.2) is 26.7 Å². The lowest BCUT2D eigenvalue weighted by Crippen LogP contribution is -2.25. The van der Waals surface area contributed by atoms with E-state index in [0.717, 1.165) is 0 Å². The van der Waals surface area contributed by atoms with E-state index in [-0.39, 0.29) is 12.3 Å². The highest BCUT2D eigenvalue weighted by molar-refractivity contribution is 7.89. The van der Waals surface area contributed by atoms with Crippen LogP contribution < -0.4 is 4.72 Å². The summed E-state index contributed by atoms with van der Waals surface area (Å²) in [4.78, 5) is 9.81. The number of nitrogens with one attached hydrogen (secondary N) is 1. The Kier molecular flexibility index (Phi) is 4.05. The quantitative estimate of drug-likeness (QED) is 0.875. The molecule has 2 N–H and O–H groups in total. The summed E-state index contributed by atoms with van der Waals surface area (Å²) in [5, 5.41) is 8.71. The Labute approximate surface area is 118 Å². The van der Waals surface area contributed by atoms with Gasteiger partial charge in [0.15, 0.2) is 5.82 Å². The molecule has 0 aliphatic heterocycles. The summed E-state index contributed by atoms with van der Waals surface area (Å²) in [5.41, 5.74) is -1.32. The molecule has 0 amide bonds. The van der Waals surface area contributed by atoms with Crippen molar-refractivity contribution in [3.63, 3.8) is 0 Å². The van der Waals surface area contributed by atoms with E-state index < -0.39 is 38.1 Å². The molecular weight excluding hydrogens is 308 g/mol. The third kappa shape index (κ3) is 3.09. The molecule has 0 bridgehead atoms. The van der Waals surface area contributed by atoms with Crippen LogP contribution >= 0.6 is 0 Å². The molecule has 6 nitrogen and oxygen atoms in total. The summed E-state index contributed by atoms with van der Waals surface area (Å²) in [6.45, 7) is -0.255. The van der Waals surface area contributed by atoms with Crippen LogP contribution in [0.2, 0.25) is 0 Å². The van der Waals surface area contributed by atoms with Crippen LogP contribution in [0.15, 0.2) is 39.8 Å². The highest BCUT2D eigenvalue weighted by atomic mass is 32.2. The molecule has 0 atom stereocenters. The number of carboxylic acid groups (broad SMARTS) is 1. The topological polar surface area (TPSA) is 96.6 Å². The van der Waals surface area contributed by atoms with Crippen molar-refractivity contribution in [2.45, 2.75) is 11.4 Å². The van der Waals surface area contributed by atoms with Crippen molar-refractivity contribution in [1.29, 1.82) is 0 Å². The summed E-state index contributed by atoms with van der Waals surface area (Å²) >= 11 is 0. The second-order valence-corrected chi connectivity index (χ2v) is 5.68. The predicted octanol–water partition coefficient (Wildman–Crippen LogP) is 1.73. The molecule has 0 aliphatic rings. The van der Waals surface area contributed by atoms with Gasteiger partial charge in [0.1, 0.15) is 22.0 Å². The number of sulfonamides is 1. The number of hydrogen-bond acceptors (Lipinski definition) is 4. The van der Waals surface area contributed by atoms with Gasteiger partial charge < -0.3 is 9.52 Å². The van der Waals surface area contributed by atoms with Gasteiger partial charge in [0.2, 0.25) is 10.0 Å². The molecule has 21 heavy (non-hydrogen) atoms. The first-order valence-corrected chi connectivity index (χ1v) is 7.04. The number of rotatable bonds is 5. The fourth-order valence-electron chi connectivity index (χ4n) is 1.59. The highest BCUT2D eigenvalue weighted by Crippen LogP contribution is 2.21. The van der Waals surface area contributed by atoms with Crippen LogP contribution in [0.3, 0.4) is 0 Å². The predicted molar refractivity (Wildman–Crippen MR) is 66.1 cm³/mol. The van der Waals surface area contributed by atoms with E-state index in [2.05, 4.69) is 0 Å². The summed E-state index contributed by atoms with van der Waals surface area (Å²) < 4.78 is 57.9. The fourth-order valence-corrected chi connectivity index (χ4v) is 2.67. The van der Waals surface area contributed by atoms with Gasteiger partial charge >= 0.3 is 5.97 Å². The molecule has 0 spiro atoms. The SMILES string of the molecule is O=C(O)c1c(F)ccc(S(=O)(=O)NCc2ccco2)c1F. The first-order valence-electron chi connectivity index (χ1n) is 5.56. The molecule has 9 heteroatoms.